The SMILES string of the molecule is CNc1ncnc(-c2ccsc2)c1OC. The number of thiophene rings is 1. The maximum Gasteiger partial charge on any atom is 0.187 e. The number of ether oxygens (including phenoxy) is 1. The Bertz CT molecular complexity index is 442. The van der Waals surface area contributed by atoms with E-state index in [0.29, 0.717) is 11.6 Å². The number of hydrogen-bond acceptors (Lipinski definition) is 5. The molecule has 4 nitrogen and oxygen atoms in total. The minimum Gasteiger partial charge on any atom is -0.491 e. The zero-order valence-electron chi connectivity index (χ0n) is 8.52. The number of nitrogens with one attached hydrogen (secondary N) is 1. The van der Waals surface area contributed by atoms with Gasteiger partial charge in [-0.25, -0.2) is 9.97 Å². The predicted octanol–water partition coefficient (Wildman–Crippen LogP) is 2.26. The van der Waals surface area contributed by atoms with Gasteiger partial charge in [0.05, 0.1) is 7.11 Å². The molecule has 0 atom stereocenters. The van der Waals surface area contributed by atoms with Gasteiger partial charge in [0.15, 0.2) is 11.6 Å². The van der Waals surface area contributed by atoms with Crippen LogP contribution in [0.15, 0.2) is 23.2 Å². The molecule has 0 saturated carbocycles. The highest BCUT2D eigenvalue weighted by molar-refractivity contribution is 7.08. The van der Waals surface area contributed by atoms with E-state index in [1.54, 1.807) is 18.4 Å². The highest BCUT2D eigenvalue weighted by Gasteiger charge is 2.12. The van der Waals surface area contributed by atoms with Gasteiger partial charge in [-0.2, -0.15) is 11.3 Å². The highest BCUT2D eigenvalue weighted by atomic mass is 32.1. The summed E-state index contributed by atoms with van der Waals surface area (Å²) in [6.07, 6.45) is 1.53. The second-order valence-corrected chi connectivity index (χ2v) is 3.65. The Labute approximate surface area is 92.0 Å². The van der Waals surface area contributed by atoms with Crippen LogP contribution in [-0.2, 0) is 0 Å². The average molecular weight is 221 g/mol. The first-order valence-corrected chi connectivity index (χ1v) is 5.40. The lowest BCUT2D eigenvalue weighted by molar-refractivity contribution is 0.415. The van der Waals surface area contributed by atoms with Crippen molar-refractivity contribution in [2.24, 2.45) is 0 Å². The van der Waals surface area contributed by atoms with E-state index in [0.717, 1.165) is 11.3 Å². The van der Waals surface area contributed by atoms with Crippen LogP contribution in [0.5, 0.6) is 5.75 Å². The van der Waals surface area contributed by atoms with E-state index in [-0.39, 0.29) is 0 Å². The minimum atomic E-state index is 0.679. The van der Waals surface area contributed by atoms with Crippen LogP contribution in [0, 0.1) is 0 Å². The fourth-order valence-electron chi connectivity index (χ4n) is 1.35. The van der Waals surface area contributed by atoms with Crippen molar-refractivity contribution in [3.63, 3.8) is 0 Å². The molecular formula is C10H11N3OS. The summed E-state index contributed by atoms with van der Waals surface area (Å²) < 4.78 is 5.31. The van der Waals surface area contributed by atoms with E-state index < -0.39 is 0 Å². The predicted molar refractivity (Wildman–Crippen MR) is 61.4 cm³/mol. The van der Waals surface area contributed by atoms with Crippen LogP contribution >= 0.6 is 11.3 Å². The summed E-state index contributed by atoms with van der Waals surface area (Å²) in [7, 11) is 3.43. The Balaban J connectivity index is 2.56. The van der Waals surface area contributed by atoms with Gasteiger partial charge in [0.2, 0.25) is 0 Å². The van der Waals surface area contributed by atoms with Gasteiger partial charge in [-0.1, -0.05) is 0 Å². The first-order valence-electron chi connectivity index (χ1n) is 4.46. The summed E-state index contributed by atoms with van der Waals surface area (Å²) in [5, 5.41) is 7.02. The molecular weight excluding hydrogens is 210 g/mol. The third kappa shape index (κ3) is 1.78. The molecule has 0 fully saturated rings. The number of anilines is 1. The van der Waals surface area contributed by atoms with E-state index in [1.165, 1.54) is 6.33 Å². The van der Waals surface area contributed by atoms with E-state index in [1.807, 2.05) is 23.9 Å². The van der Waals surface area contributed by atoms with Gasteiger partial charge in [0.25, 0.3) is 0 Å². The van der Waals surface area contributed by atoms with Crippen molar-refractivity contribution in [1.29, 1.82) is 0 Å². The highest BCUT2D eigenvalue weighted by Crippen LogP contribution is 2.33. The van der Waals surface area contributed by atoms with Gasteiger partial charge in [0.1, 0.15) is 12.0 Å². The monoisotopic (exact) mass is 221 g/mol. The average Bonchev–Trinajstić information content (AvgIpc) is 2.81. The molecule has 0 aliphatic heterocycles. The number of methoxy groups -OCH3 is 1. The van der Waals surface area contributed by atoms with Crippen LogP contribution in [0.2, 0.25) is 0 Å². The summed E-state index contributed by atoms with van der Waals surface area (Å²) >= 11 is 1.63. The van der Waals surface area contributed by atoms with Gasteiger partial charge in [-0.3, -0.25) is 0 Å². The maximum absolute atomic E-state index is 5.31. The Hall–Kier alpha value is -1.62. The normalized spacial score (nSPS) is 10.0. The Morgan fingerprint density at radius 2 is 2.27 bits per heavy atom. The quantitative estimate of drug-likeness (QED) is 0.863. The van der Waals surface area contributed by atoms with Crippen molar-refractivity contribution < 1.29 is 4.74 Å². The van der Waals surface area contributed by atoms with E-state index >= 15 is 0 Å². The summed E-state index contributed by atoms with van der Waals surface area (Å²) in [4.78, 5) is 8.33. The minimum absolute atomic E-state index is 0.679. The molecule has 0 amide bonds. The Morgan fingerprint density at radius 3 is 2.87 bits per heavy atom. The maximum atomic E-state index is 5.31. The summed E-state index contributed by atoms with van der Waals surface area (Å²) in [6.45, 7) is 0. The second-order valence-electron chi connectivity index (χ2n) is 2.87. The molecule has 0 aromatic carbocycles. The fourth-order valence-corrected chi connectivity index (χ4v) is 1.99. The van der Waals surface area contributed by atoms with E-state index in [9.17, 15) is 0 Å². The molecule has 0 aliphatic rings. The lowest BCUT2D eigenvalue weighted by atomic mass is 10.2. The molecule has 5 heteroatoms. The van der Waals surface area contributed by atoms with Gasteiger partial charge < -0.3 is 10.1 Å². The van der Waals surface area contributed by atoms with Crippen LogP contribution in [0.4, 0.5) is 5.82 Å². The third-order valence-corrected chi connectivity index (χ3v) is 2.72. The molecule has 2 aromatic rings. The van der Waals surface area contributed by atoms with Crippen LogP contribution in [0.1, 0.15) is 0 Å². The van der Waals surface area contributed by atoms with Gasteiger partial charge in [0, 0.05) is 18.0 Å². The lowest BCUT2D eigenvalue weighted by Gasteiger charge is -2.09. The molecule has 0 saturated heterocycles. The molecule has 0 bridgehead atoms. The fraction of sp³-hybridized carbons (Fsp3) is 0.200. The molecule has 78 valence electrons. The van der Waals surface area contributed by atoms with Crippen LogP contribution < -0.4 is 10.1 Å². The molecule has 0 unspecified atom stereocenters. The molecule has 2 aromatic heterocycles. The molecule has 2 heterocycles. The van der Waals surface area contributed by atoms with Crippen molar-refractivity contribution >= 4 is 17.2 Å². The standard InChI is InChI=1S/C10H11N3OS/c1-11-10-9(14-2)8(12-6-13-10)7-3-4-15-5-7/h3-6H,1-2H3,(H,11,12,13). The number of hydrogen-bond donors (Lipinski definition) is 1. The summed E-state index contributed by atoms with van der Waals surface area (Å²) in [5.41, 5.74) is 1.87. The van der Waals surface area contributed by atoms with Crippen LogP contribution in [0.3, 0.4) is 0 Å². The van der Waals surface area contributed by atoms with Gasteiger partial charge in [-0.05, 0) is 11.4 Å². The summed E-state index contributed by atoms with van der Waals surface area (Å²) in [5.74, 6) is 1.38. The third-order valence-electron chi connectivity index (χ3n) is 2.04. The van der Waals surface area contributed by atoms with Crippen molar-refractivity contribution in [1.82, 2.24) is 9.97 Å². The largest absolute Gasteiger partial charge is 0.491 e. The van der Waals surface area contributed by atoms with Crippen molar-refractivity contribution in [3.8, 4) is 17.0 Å². The molecule has 0 radical (unpaired) electrons. The molecule has 1 N–H and O–H groups in total. The van der Waals surface area contributed by atoms with Gasteiger partial charge >= 0.3 is 0 Å². The van der Waals surface area contributed by atoms with Crippen molar-refractivity contribution in [3.05, 3.63) is 23.2 Å². The van der Waals surface area contributed by atoms with Crippen molar-refractivity contribution in [2.45, 2.75) is 0 Å². The van der Waals surface area contributed by atoms with Crippen molar-refractivity contribution in [2.75, 3.05) is 19.5 Å². The second kappa shape index (κ2) is 4.27. The Morgan fingerprint density at radius 1 is 1.40 bits per heavy atom. The van der Waals surface area contributed by atoms with E-state index in [2.05, 4.69) is 15.3 Å². The smallest absolute Gasteiger partial charge is 0.187 e. The first kappa shape index (κ1) is 9.92. The number of rotatable bonds is 3. The first-order chi connectivity index (χ1) is 7.36. The Kier molecular flexibility index (Phi) is 2.82. The molecule has 0 spiro atoms. The zero-order valence-corrected chi connectivity index (χ0v) is 9.34. The van der Waals surface area contributed by atoms with E-state index in [4.69, 9.17) is 4.74 Å². The summed E-state index contributed by atoms with van der Waals surface area (Å²) in [6, 6.07) is 2.01. The molecule has 15 heavy (non-hydrogen) atoms. The molecule has 2 rings (SSSR count). The van der Waals surface area contributed by atoms with Crippen LogP contribution in [0.25, 0.3) is 11.3 Å². The topological polar surface area (TPSA) is 47.0 Å². The lowest BCUT2D eigenvalue weighted by Crippen LogP contribution is -2.00. The number of aromatic nitrogens is 2. The van der Waals surface area contributed by atoms with Gasteiger partial charge in [-0.15, -0.1) is 0 Å². The zero-order chi connectivity index (χ0) is 10.7. The number of nitrogens with zero attached hydrogens (tertiary/aromatic N) is 2. The molecule has 0 aliphatic carbocycles. The van der Waals surface area contributed by atoms with Crippen LogP contribution in [-0.4, -0.2) is 24.1 Å².